The number of aliphatic carboxylic acids is 1. The molecule has 25 heavy (non-hydrogen) atoms. The fourth-order valence-electron chi connectivity index (χ4n) is 5.68. The second kappa shape index (κ2) is 6.90. The third-order valence-corrected chi connectivity index (χ3v) is 7.47. The normalized spacial score (nSPS) is 26.7. The van der Waals surface area contributed by atoms with Gasteiger partial charge < -0.3 is 9.99 Å². The van der Waals surface area contributed by atoms with Crippen molar-refractivity contribution >= 4 is 11.9 Å². The van der Waals surface area contributed by atoms with Gasteiger partial charge in [0.1, 0.15) is 0 Å². The number of carboxylic acid groups (broad SMARTS) is 1. The second-order valence-electron chi connectivity index (χ2n) is 9.62. The number of carbonyl (C=O) groups excluding carboxylic acids is 1. The molecule has 0 heterocycles. The number of carboxylic acids is 1. The first-order chi connectivity index (χ1) is 11.3. The summed E-state index contributed by atoms with van der Waals surface area (Å²) in [5.74, 6) is -2.36. The fraction of sp³-hybridized carbons (Fsp3) is 0.900. The summed E-state index contributed by atoms with van der Waals surface area (Å²) in [5, 5.41) is 19.1. The Bertz CT molecular complexity index is 504. The summed E-state index contributed by atoms with van der Waals surface area (Å²) in [6, 6.07) is 0. The Morgan fingerprint density at radius 1 is 1.12 bits per heavy atom. The number of hydrogen-bond acceptors (Lipinski definition) is 4. The van der Waals surface area contributed by atoms with Crippen LogP contribution in [0.5, 0.6) is 0 Å². The van der Waals surface area contributed by atoms with Gasteiger partial charge in [0.25, 0.3) is 0 Å². The summed E-state index contributed by atoms with van der Waals surface area (Å²) in [6.07, 6.45) is 2.51. The van der Waals surface area contributed by atoms with E-state index < -0.39 is 28.7 Å². The molecule has 0 radical (unpaired) electrons. The molecule has 1 aliphatic carbocycles. The van der Waals surface area contributed by atoms with E-state index in [1.165, 1.54) is 0 Å². The molecule has 0 aromatic heterocycles. The maximum Gasteiger partial charge on any atom is 0.349 e. The Kier molecular flexibility index (Phi) is 6.05. The zero-order valence-corrected chi connectivity index (χ0v) is 17.1. The van der Waals surface area contributed by atoms with Crippen molar-refractivity contribution < 1.29 is 24.8 Å². The van der Waals surface area contributed by atoms with Crippen molar-refractivity contribution in [3.63, 3.8) is 0 Å². The van der Waals surface area contributed by atoms with Crippen molar-refractivity contribution in [1.82, 2.24) is 0 Å². The van der Waals surface area contributed by atoms with Gasteiger partial charge in [-0.2, -0.15) is 5.26 Å². The van der Waals surface area contributed by atoms with Crippen molar-refractivity contribution in [2.75, 3.05) is 0 Å². The van der Waals surface area contributed by atoms with E-state index in [1.54, 1.807) is 0 Å². The maximum absolute atomic E-state index is 13.0. The zero-order chi connectivity index (χ0) is 19.8. The average Bonchev–Trinajstić information content (AvgIpc) is 2.78. The lowest BCUT2D eigenvalue weighted by Crippen LogP contribution is -2.58. The van der Waals surface area contributed by atoms with Gasteiger partial charge in [0.05, 0.1) is 11.3 Å². The first-order valence-electron chi connectivity index (χ1n) is 9.35. The average molecular weight is 357 g/mol. The molecular formula is C20H36O5. The maximum atomic E-state index is 13.0. The molecule has 5 heteroatoms. The van der Waals surface area contributed by atoms with E-state index in [1.807, 2.05) is 13.8 Å². The summed E-state index contributed by atoms with van der Waals surface area (Å²) in [6.45, 7) is 16.4. The molecule has 2 N–H and O–H groups in total. The van der Waals surface area contributed by atoms with Crippen LogP contribution in [0, 0.1) is 33.5 Å². The molecule has 0 saturated heterocycles. The molecule has 0 aromatic carbocycles. The summed E-state index contributed by atoms with van der Waals surface area (Å²) in [5.41, 5.74) is -2.33. The molecule has 0 amide bonds. The molecule has 0 spiro atoms. The van der Waals surface area contributed by atoms with Gasteiger partial charge in [-0.15, -0.1) is 0 Å². The number of rotatable bonds is 7. The van der Waals surface area contributed by atoms with E-state index in [4.69, 9.17) is 0 Å². The zero-order valence-electron chi connectivity index (χ0n) is 17.1. The van der Waals surface area contributed by atoms with Gasteiger partial charge in [-0.05, 0) is 35.0 Å². The predicted molar refractivity (Wildman–Crippen MR) is 96.9 cm³/mol. The predicted octanol–water partition coefficient (Wildman–Crippen LogP) is 5.00. The van der Waals surface area contributed by atoms with Gasteiger partial charge in [-0.25, -0.2) is 4.79 Å². The third-order valence-electron chi connectivity index (χ3n) is 7.47. The van der Waals surface area contributed by atoms with Crippen molar-refractivity contribution in [2.45, 2.75) is 81.1 Å². The summed E-state index contributed by atoms with van der Waals surface area (Å²) in [7, 11) is 0. The van der Waals surface area contributed by atoms with Crippen LogP contribution in [0.2, 0.25) is 0 Å². The van der Waals surface area contributed by atoms with Crippen molar-refractivity contribution in [3.05, 3.63) is 0 Å². The monoisotopic (exact) mass is 356 g/mol. The van der Waals surface area contributed by atoms with Crippen LogP contribution in [0.4, 0.5) is 0 Å². The Morgan fingerprint density at radius 3 is 1.84 bits per heavy atom. The van der Waals surface area contributed by atoms with Crippen LogP contribution >= 0.6 is 0 Å². The SMILES string of the molecule is CCC(C)(C)C(C(C)(C)CC)C1(C(=O)OO)CCC(C(=O)O)C1(C)C. The van der Waals surface area contributed by atoms with E-state index in [0.717, 1.165) is 12.8 Å². The Hall–Kier alpha value is -1.10. The summed E-state index contributed by atoms with van der Waals surface area (Å²) >= 11 is 0. The van der Waals surface area contributed by atoms with Crippen LogP contribution < -0.4 is 0 Å². The first kappa shape index (κ1) is 21.9. The van der Waals surface area contributed by atoms with E-state index in [-0.39, 0.29) is 16.7 Å². The van der Waals surface area contributed by atoms with Crippen LogP contribution in [-0.4, -0.2) is 22.3 Å². The lowest BCUT2D eigenvalue weighted by molar-refractivity contribution is -0.262. The molecule has 1 aliphatic rings. The van der Waals surface area contributed by atoms with Gasteiger partial charge in [-0.1, -0.05) is 68.2 Å². The topological polar surface area (TPSA) is 83.8 Å². The lowest BCUT2D eigenvalue weighted by atomic mass is 9.46. The lowest BCUT2D eigenvalue weighted by Gasteiger charge is -2.57. The molecule has 0 bridgehead atoms. The van der Waals surface area contributed by atoms with E-state index in [9.17, 15) is 20.0 Å². The minimum atomic E-state index is -1.05. The molecule has 5 nitrogen and oxygen atoms in total. The highest BCUT2D eigenvalue weighted by molar-refractivity contribution is 5.82. The van der Waals surface area contributed by atoms with Crippen LogP contribution in [0.25, 0.3) is 0 Å². The third kappa shape index (κ3) is 3.20. The first-order valence-corrected chi connectivity index (χ1v) is 9.35. The van der Waals surface area contributed by atoms with Crippen molar-refractivity contribution in [1.29, 1.82) is 0 Å². The fourth-order valence-corrected chi connectivity index (χ4v) is 5.68. The summed E-state index contributed by atoms with van der Waals surface area (Å²) < 4.78 is 0. The largest absolute Gasteiger partial charge is 0.481 e. The number of carbonyl (C=O) groups is 2. The Balaban J connectivity index is 3.78. The molecule has 1 rings (SSSR count). The quantitative estimate of drug-likeness (QED) is 0.495. The van der Waals surface area contributed by atoms with E-state index in [0.29, 0.717) is 12.8 Å². The smallest absolute Gasteiger partial charge is 0.349 e. The van der Waals surface area contributed by atoms with Crippen LogP contribution in [-0.2, 0) is 14.5 Å². The highest BCUT2D eigenvalue weighted by Gasteiger charge is 2.69. The molecule has 0 aromatic rings. The second-order valence-corrected chi connectivity index (χ2v) is 9.62. The van der Waals surface area contributed by atoms with Crippen LogP contribution in [0.3, 0.4) is 0 Å². The minimum absolute atomic E-state index is 0.138. The van der Waals surface area contributed by atoms with Gasteiger partial charge >= 0.3 is 11.9 Å². The molecule has 1 saturated carbocycles. The van der Waals surface area contributed by atoms with Gasteiger partial charge in [0, 0.05) is 0 Å². The molecule has 1 fully saturated rings. The van der Waals surface area contributed by atoms with E-state index in [2.05, 4.69) is 46.4 Å². The molecule has 146 valence electrons. The van der Waals surface area contributed by atoms with Crippen LogP contribution in [0.15, 0.2) is 0 Å². The van der Waals surface area contributed by atoms with Crippen LogP contribution in [0.1, 0.15) is 81.1 Å². The van der Waals surface area contributed by atoms with Gasteiger partial charge in [0.2, 0.25) is 0 Å². The molecule has 0 aliphatic heterocycles. The van der Waals surface area contributed by atoms with Gasteiger partial charge in [0.15, 0.2) is 0 Å². The van der Waals surface area contributed by atoms with Crippen molar-refractivity contribution in [2.24, 2.45) is 33.5 Å². The Morgan fingerprint density at radius 2 is 1.56 bits per heavy atom. The Labute approximate surface area is 152 Å². The standard InChI is InChI=1S/C20H36O5/c1-9-17(3,4)15(18(5,6)10-2)20(16(23)25-24)12-11-13(14(21)22)19(20,7)8/h13,15,24H,9-12H2,1-8H3,(H,21,22). The summed E-state index contributed by atoms with van der Waals surface area (Å²) in [4.78, 5) is 29.2. The number of hydrogen-bond donors (Lipinski definition) is 2. The van der Waals surface area contributed by atoms with Crippen molar-refractivity contribution in [3.8, 4) is 0 Å². The molecular weight excluding hydrogens is 320 g/mol. The molecule has 2 unspecified atom stereocenters. The highest BCUT2D eigenvalue weighted by Crippen LogP contribution is 2.68. The van der Waals surface area contributed by atoms with E-state index >= 15 is 0 Å². The highest BCUT2D eigenvalue weighted by atomic mass is 17.1. The van der Waals surface area contributed by atoms with Gasteiger partial charge in [-0.3, -0.25) is 4.79 Å². The molecule has 2 atom stereocenters. The minimum Gasteiger partial charge on any atom is -0.481 e.